The van der Waals surface area contributed by atoms with Crippen LogP contribution in [0.25, 0.3) is 0 Å². The monoisotopic (exact) mass is 228 g/mol. The molecule has 0 saturated heterocycles. The highest BCUT2D eigenvalue weighted by Crippen LogP contribution is 2.31. The summed E-state index contributed by atoms with van der Waals surface area (Å²) in [6.07, 6.45) is 3.91. The zero-order chi connectivity index (χ0) is 12.1. The first kappa shape index (κ1) is 13.9. The molecular formula is C13H28N2O. The minimum Gasteiger partial charge on any atom is -0.383 e. The fourth-order valence-electron chi connectivity index (χ4n) is 2.87. The van der Waals surface area contributed by atoms with E-state index in [9.17, 15) is 0 Å². The number of rotatable bonds is 5. The van der Waals surface area contributed by atoms with E-state index < -0.39 is 0 Å². The van der Waals surface area contributed by atoms with E-state index in [2.05, 4.69) is 25.8 Å². The van der Waals surface area contributed by atoms with Gasteiger partial charge in [0.1, 0.15) is 0 Å². The number of ether oxygens (including phenoxy) is 1. The molecule has 1 rings (SSSR count). The van der Waals surface area contributed by atoms with E-state index in [0.717, 1.165) is 19.1 Å². The van der Waals surface area contributed by atoms with Gasteiger partial charge in [-0.1, -0.05) is 13.3 Å². The molecule has 4 atom stereocenters. The van der Waals surface area contributed by atoms with Crippen molar-refractivity contribution in [3.05, 3.63) is 0 Å². The normalized spacial score (nSPS) is 33.0. The van der Waals surface area contributed by atoms with Gasteiger partial charge in [-0.25, -0.2) is 0 Å². The largest absolute Gasteiger partial charge is 0.383 e. The maximum Gasteiger partial charge on any atom is 0.0615 e. The van der Waals surface area contributed by atoms with Crippen LogP contribution in [0, 0.1) is 11.8 Å². The van der Waals surface area contributed by atoms with Crippen molar-refractivity contribution in [1.29, 1.82) is 0 Å². The molecule has 3 nitrogen and oxygen atoms in total. The smallest absolute Gasteiger partial charge is 0.0615 e. The fourth-order valence-corrected chi connectivity index (χ4v) is 2.87. The van der Waals surface area contributed by atoms with Gasteiger partial charge in [0.15, 0.2) is 0 Å². The second-order valence-corrected chi connectivity index (χ2v) is 5.45. The van der Waals surface area contributed by atoms with Gasteiger partial charge in [-0.3, -0.25) is 4.90 Å². The first-order valence-corrected chi connectivity index (χ1v) is 6.51. The maximum atomic E-state index is 5.89. The molecule has 0 radical (unpaired) electrons. The summed E-state index contributed by atoms with van der Waals surface area (Å²) in [4.78, 5) is 2.47. The van der Waals surface area contributed by atoms with Gasteiger partial charge in [-0.15, -0.1) is 0 Å². The predicted molar refractivity (Wildman–Crippen MR) is 68.4 cm³/mol. The highest BCUT2D eigenvalue weighted by molar-refractivity contribution is 4.86. The van der Waals surface area contributed by atoms with Crippen LogP contribution in [0.5, 0.6) is 0 Å². The molecule has 1 saturated carbocycles. The molecule has 1 fully saturated rings. The predicted octanol–water partition coefficient (Wildman–Crippen LogP) is 1.72. The van der Waals surface area contributed by atoms with E-state index in [1.807, 2.05) is 0 Å². The number of nitrogens with zero attached hydrogens (tertiary/aromatic N) is 1. The fraction of sp³-hybridized carbons (Fsp3) is 1.00. The average Bonchev–Trinajstić information content (AvgIpc) is 2.28. The number of nitrogens with two attached hydrogens (primary N) is 1. The van der Waals surface area contributed by atoms with Gasteiger partial charge in [0.05, 0.1) is 6.61 Å². The maximum absolute atomic E-state index is 5.89. The van der Waals surface area contributed by atoms with Crippen LogP contribution in [-0.4, -0.2) is 44.3 Å². The molecule has 0 bridgehead atoms. The van der Waals surface area contributed by atoms with Gasteiger partial charge in [0.2, 0.25) is 0 Å². The van der Waals surface area contributed by atoms with Crippen molar-refractivity contribution in [3.63, 3.8) is 0 Å². The van der Waals surface area contributed by atoms with E-state index in [4.69, 9.17) is 10.5 Å². The molecule has 3 heteroatoms. The van der Waals surface area contributed by atoms with Crippen LogP contribution in [0.2, 0.25) is 0 Å². The minimum absolute atomic E-state index is 0.481. The van der Waals surface area contributed by atoms with Crippen molar-refractivity contribution < 1.29 is 4.74 Å². The van der Waals surface area contributed by atoms with Crippen molar-refractivity contribution in [2.45, 2.75) is 45.2 Å². The first-order chi connectivity index (χ1) is 7.60. The van der Waals surface area contributed by atoms with E-state index >= 15 is 0 Å². The molecule has 0 aromatic carbocycles. The summed E-state index contributed by atoms with van der Waals surface area (Å²) in [7, 11) is 3.99. The van der Waals surface area contributed by atoms with E-state index in [0.29, 0.717) is 18.0 Å². The Morgan fingerprint density at radius 1 is 1.44 bits per heavy atom. The lowest BCUT2D eigenvalue weighted by molar-refractivity contribution is 0.0411. The van der Waals surface area contributed by atoms with Crippen molar-refractivity contribution in [1.82, 2.24) is 4.90 Å². The van der Waals surface area contributed by atoms with Gasteiger partial charge in [0, 0.05) is 19.2 Å². The Labute approximate surface area is 100 Å². The second kappa shape index (κ2) is 6.58. The molecule has 16 heavy (non-hydrogen) atoms. The van der Waals surface area contributed by atoms with Crippen LogP contribution in [0.4, 0.5) is 0 Å². The van der Waals surface area contributed by atoms with Gasteiger partial charge in [0.25, 0.3) is 0 Å². The van der Waals surface area contributed by atoms with Gasteiger partial charge < -0.3 is 10.5 Å². The molecular weight excluding hydrogens is 200 g/mol. The quantitative estimate of drug-likeness (QED) is 0.778. The van der Waals surface area contributed by atoms with E-state index in [1.165, 1.54) is 19.3 Å². The van der Waals surface area contributed by atoms with Crippen LogP contribution >= 0.6 is 0 Å². The SMILES string of the molecule is COCC(C)N(C)C1CC(C)CCC1CN. The number of hydrogen-bond donors (Lipinski definition) is 1. The highest BCUT2D eigenvalue weighted by atomic mass is 16.5. The molecule has 0 aromatic rings. The topological polar surface area (TPSA) is 38.5 Å². The minimum atomic E-state index is 0.481. The lowest BCUT2D eigenvalue weighted by atomic mass is 9.78. The lowest BCUT2D eigenvalue weighted by Gasteiger charge is -2.42. The molecule has 96 valence electrons. The third-order valence-electron chi connectivity index (χ3n) is 4.15. The summed E-state index contributed by atoms with van der Waals surface area (Å²) >= 11 is 0. The number of hydrogen-bond acceptors (Lipinski definition) is 3. The molecule has 0 spiro atoms. The summed E-state index contributed by atoms with van der Waals surface area (Å²) in [5, 5.41) is 0. The number of methoxy groups -OCH3 is 1. The molecule has 0 aliphatic heterocycles. The van der Waals surface area contributed by atoms with Crippen LogP contribution in [-0.2, 0) is 4.74 Å². The van der Waals surface area contributed by atoms with Gasteiger partial charge >= 0.3 is 0 Å². The van der Waals surface area contributed by atoms with Crippen LogP contribution < -0.4 is 5.73 Å². The Bertz CT molecular complexity index is 198. The lowest BCUT2D eigenvalue weighted by Crippen LogP contribution is -2.49. The van der Waals surface area contributed by atoms with Crippen molar-refractivity contribution in [3.8, 4) is 0 Å². The van der Waals surface area contributed by atoms with Crippen molar-refractivity contribution in [2.24, 2.45) is 17.6 Å². The third-order valence-corrected chi connectivity index (χ3v) is 4.15. The Morgan fingerprint density at radius 2 is 2.12 bits per heavy atom. The van der Waals surface area contributed by atoms with E-state index in [-0.39, 0.29) is 0 Å². The molecule has 0 aromatic heterocycles. The van der Waals surface area contributed by atoms with Gasteiger partial charge in [-0.2, -0.15) is 0 Å². The standard InChI is InChI=1S/C13H28N2O/c1-10-5-6-12(8-14)13(7-10)15(3)11(2)9-16-4/h10-13H,5-9,14H2,1-4H3. The van der Waals surface area contributed by atoms with Crippen LogP contribution in [0.15, 0.2) is 0 Å². The Kier molecular flexibility index (Phi) is 5.73. The molecule has 1 aliphatic rings. The number of likely N-dealkylation sites (N-methyl/N-ethyl adjacent to an activating group) is 1. The van der Waals surface area contributed by atoms with Crippen LogP contribution in [0.3, 0.4) is 0 Å². The first-order valence-electron chi connectivity index (χ1n) is 6.51. The Balaban J connectivity index is 2.58. The van der Waals surface area contributed by atoms with Crippen LogP contribution in [0.1, 0.15) is 33.1 Å². The van der Waals surface area contributed by atoms with Gasteiger partial charge in [-0.05, 0) is 45.2 Å². The molecule has 1 aliphatic carbocycles. The molecule has 0 heterocycles. The molecule has 4 unspecified atom stereocenters. The summed E-state index contributed by atoms with van der Waals surface area (Å²) < 4.78 is 5.24. The summed E-state index contributed by atoms with van der Waals surface area (Å²) in [5.41, 5.74) is 5.89. The van der Waals surface area contributed by atoms with Crippen molar-refractivity contribution in [2.75, 3.05) is 27.3 Å². The zero-order valence-corrected chi connectivity index (χ0v) is 11.3. The second-order valence-electron chi connectivity index (χ2n) is 5.45. The summed E-state index contributed by atoms with van der Waals surface area (Å²) in [6, 6.07) is 1.12. The summed E-state index contributed by atoms with van der Waals surface area (Å²) in [6.45, 7) is 6.21. The Morgan fingerprint density at radius 3 is 2.69 bits per heavy atom. The summed E-state index contributed by atoms with van der Waals surface area (Å²) in [5.74, 6) is 1.51. The third kappa shape index (κ3) is 3.44. The zero-order valence-electron chi connectivity index (χ0n) is 11.3. The highest BCUT2D eigenvalue weighted by Gasteiger charge is 2.32. The Hall–Kier alpha value is -0.120. The molecule has 2 N–H and O–H groups in total. The molecule has 0 amide bonds. The van der Waals surface area contributed by atoms with Crippen molar-refractivity contribution >= 4 is 0 Å². The van der Waals surface area contributed by atoms with E-state index in [1.54, 1.807) is 7.11 Å². The average molecular weight is 228 g/mol.